The van der Waals surface area contributed by atoms with Crippen molar-refractivity contribution in [2.24, 2.45) is 5.41 Å². The van der Waals surface area contributed by atoms with Crippen molar-refractivity contribution in [2.75, 3.05) is 44.3 Å². The van der Waals surface area contributed by atoms with Crippen LogP contribution in [0.15, 0.2) is 12.4 Å². The molecule has 6 heteroatoms. The number of anilines is 1. The molecule has 1 atom stereocenters. The highest BCUT2D eigenvalue weighted by Gasteiger charge is 2.40. The Kier molecular flexibility index (Phi) is 4.39. The van der Waals surface area contributed by atoms with E-state index in [4.69, 9.17) is 4.74 Å². The zero-order valence-corrected chi connectivity index (χ0v) is 14.2. The fourth-order valence-corrected chi connectivity index (χ4v) is 4.27. The van der Waals surface area contributed by atoms with Gasteiger partial charge in [-0.2, -0.15) is 0 Å². The smallest absolute Gasteiger partial charge is 0.272 e. The van der Waals surface area contributed by atoms with Gasteiger partial charge in [0.25, 0.3) is 5.91 Å². The molecule has 4 rings (SSSR count). The third kappa shape index (κ3) is 3.11. The summed E-state index contributed by atoms with van der Waals surface area (Å²) in [4.78, 5) is 25.8. The zero-order valence-electron chi connectivity index (χ0n) is 14.2. The van der Waals surface area contributed by atoms with Crippen molar-refractivity contribution in [3.05, 3.63) is 18.1 Å². The first-order chi connectivity index (χ1) is 11.8. The molecule has 0 bridgehead atoms. The molecule has 1 amide bonds. The van der Waals surface area contributed by atoms with Crippen LogP contribution in [-0.4, -0.2) is 60.2 Å². The first-order valence-corrected chi connectivity index (χ1v) is 9.20. The van der Waals surface area contributed by atoms with Crippen LogP contribution in [0.3, 0.4) is 0 Å². The van der Waals surface area contributed by atoms with Crippen molar-refractivity contribution in [1.29, 1.82) is 0 Å². The van der Waals surface area contributed by atoms with Crippen molar-refractivity contribution in [2.45, 2.75) is 38.5 Å². The Balaban J connectivity index is 1.49. The molecule has 1 spiro atoms. The molecule has 6 nitrogen and oxygen atoms in total. The van der Waals surface area contributed by atoms with Crippen LogP contribution in [0, 0.1) is 5.41 Å². The number of likely N-dealkylation sites (tertiary alicyclic amines) is 1. The molecule has 3 fully saturated rings. The minimum atomic E-state index is 0.0432. The second-order valence-corrected chi connectivity index (χ2v) is 7.44. The second kappa shape index (κ2) is 6.67. The Hall–Kier alpha value is -1.69. The van der Waals surface area contributed by atoms with E-state index in [0.29, 0.717) is 5.69 Å². The monoisotopic (exact) mass is 330 g/mol. The number of amides is 1. The van der Waals surface area contributed by atoms with Gasteiger partial charge < -0.3 is 14.5 Å². The van der Waals surface area contributed by atoms with Gasteiger partial charge in [0.1, 0.15) is 17.8 Å². The first-order valence-electron chi connectivity index (χ1n) is 9.20. The van der Waals surface area contributed by atoms with Crippen molar-refractivity contribution in [3.63, 3.8) is 0 Å². The lowest BCUT2D eigenvalue weighted by molar-refractivity contribution is 0.0457. The first kappa shape index (κ1) is 15.8. The number of piperidine rings is 2. The molecule has 130 valence electrons. The predicted octanol–water partition coefficient (Wildman–Crippen LogP) is 2.11. The van der Waals surface area contributed by atoms with Gasteiger partial charge in [0.15, 0.2) is 0 Å². The van der Waals surface area contributed by atoms with E-state index in [1.165, 1.54) is 32.0 Å². The minimum absolute atomic E-state index is 0.0432. The molecule has 1 aromatic heterocycles. The Morgan fingerprint density at radius 1 is 1.08 bits per heavy atom. The number of ether oxygens (including phenoxy) is 1. The standard InChI is InChI=1S/C18H26N4O2/c23-17(22-9-4-5-18(12-22)6-10-24-13-18)15-11-16(20-14-19-15)21-7-2-1-3-8-21/h11,14H,1-10,12-13H2. The second-order valence-electron chi connectivity index (χ2n) is 7.44. The molecule has 1 aromatic rings. The molecule has 3 aliphatic heterocycles. The lowest BCUT2D eigenvalue weighted by atomic mass is 9.79. The summed E-state index contributed by atoms with van der Waals surface area (Å²) in [5, 5.41) is 0. The van der Waals surface area contributed by atoms with Crippen molar-refractivity contribution < 1.29 is 9.53 Å². The van der Waals surface area contributed by atoms with E-state index >= 15 is 0 Å². The van der Waals surface area contributed by atoms with Crippen LogP contribution in [0.2, 0.25) is 0 Å². The molecule has 0 aliphatic carbocycles. The normalized spacial score (nSPS) is 27.7. The van der Waals surface area contributed by atoms with Crippen LogP contribution < -0.4 is 4.90 Å². The average molecular weight is 330 g/mol. The maximum absolute atomic E-state index is 13.0. The van der Waals surface area contributed by atoms with Crippen LogP contribution in [0.4, 0.5) is 5.82 Å². The lowest BCUT2D eigenvalue weighted by Gasteiger charge is -2.39. The van der Waals surface area contributed by atoms with Crippen LogP contribution in [-0.2, 0) is 4.74 Å². The maximum Gasteiger partial charge on any atom is 0.272 e. The fourth-order valence-electron chi connectivity index (χ4n) is 4.27. The average Bonchev–Trinajstić information content (AvgIpc) is 3.09. The largest absolute Gasteiger partial charge is 0.381 e. The molecular weight excluding hydrogens is 304 g/mol. The van der Waals surface area contributed by atoms with Crippen LogP contribution in [0.1, 0.15) is 49.0 Å². The number of rotatable bonds is 2. The van der Waals surface area contributed by atoms with E-state index in [9.17, 15) is 4.79 Å². The number of nitrogens with zero attached hydrogens (tertiary/aromatic N) is 4. The van der Waals surface area contributed by atoms with Gasteiger partial charge >= 0.3 is 0 Å². The molecule has 0 saturated carbocycles. The maximum atomic E-state index is 13.0. The summed E-state index contributed by atoms with van der Waals surface area (Å²) in [6.45, 7) is 5.29. The number of aromatic nitrogens is 2. The number of hydrogen-bond donors (Lipinski definition) is 0. The van der Waals surface area contributed by atoms with Crippen molar-refractivity contribution in [3.8, 4) is 0 Å². The topological polar surface area (TPSA) is 58.6 Å². The van der Waals surface area contributed by atoms with Gasteiger partial charge in [0.05, 0.1) is 6.61 Å². The van der Waals surface area contributed by atoms with E-state index in [-0.39, 0.29) is 11.3 Å². The van der Waals surface area contributed by atoms with Gasteiger partial charge in [-0.1, -0.05) is 0 Å². The molecule has 4 heterocycles. The molecular formula is C18H26N4O2. The van der Waals surface area contributed by atoms with Crippen LogP contribution >= 0.6 is 0 Å². The van der Waals surface area contributed by atoms with Gasteiger partial charge in [-0.25, -0.2) is 9.97 Å². The van der Waals surface area contributed by atoms with Crippen molar-refractivity contribution >= 4 is 11.7 Å². The summed E-state index contributed by atoms with van der Waals surface area (Å²) >= 11 is 0. The molecule has 3 saturated heterocycles. The summed E-state index contributed by atoms with van der Waals surface area (Å²) < 4.78 is 5.60. The number of carbonyl (C=O) groups excluding carboxylic acids is 1. The summed E-state index contributed by atoms with van der Waals surface area (Å²) in [6.07, 6.45) is 8.50. The van der Waals surface area contributed by atoms with Gasteiger partial charge in [0.2, 0.25) is 0 Å². The van der Waals surface area contributed by atoms with Crippen LogP contribution in [0.5, 0.6) is 0 Å². The minimum Gasteiger partial charge on any atom is -0.381 e. The molecule has 0 radical (unpaired) electrons. The van der Waals surface area contributed by atoms with E-state index in [0.717, 1.165) is 58.1 Å². The lowest BCUT2D eigenvalue weighted by Crippen LogP contribution is -2.46. The molecule has 1 unspecified atom stereocenters. The third-order valence-electron chi connectivity index (χ3n) is 5.69. The van der Waals surface area contributed by atoms with E-state index in [1.807, 2.05) is 11.0 Å². The highest BCUT2D eigenvalue weighted by atomic mass is 16.5. The number of carbonyl (C=O) groups is 1. The van der Waals surface area contributed by atoms with Crippen molar-refractivity contribution in [1.82, 2.24) is 14.9 Å². The Morgan fingerprint density at radius 2 is 1.96 bits per heavy atom. The zero-order chi connectivity index (χ0) is 16.4. The molecule has 0 aromatic carbocycles. The van der Waals surface area contributed by atoms with Gasteiger partial charge in [-0.3, -0.25) is 4.79 Å². The molecule has 3 aliphatic rings. The Labute approximate surface area is 143 Å². The van der Waals surface area contributed by atoms with E-state index in [1.54, 1.807) is 0 Å². The van der Waals surface area contributed by atoms with E-state index in [2.05, 4.69) is 14.9 Å². The van der Waals surface area contributed by atoms with Crippen LogP contribution in [0.25, 0.3) is 0 Å². The summed E-state index contributed by atoms with van der Waals surface area (Å²) in [7, 11) is 0. The predicted molar refractivity (Wildman–Crippen MR) is 91.1 cm³/mol. The Bertz CT molecular complexity index is 594. The van der Waals surface area contributed by atoms with E-state index < -0.39 is 0 Å². The van der Waals surface area contributed by atoms with Gasteiger partial charge in [0, 0.05) is 44.3 Å². The quantitative estimate of drug-likeness (QED) is 0.831. The third-order valence-corrected chi connectivity index (χ3v) is 5.69. The highest BCUT2D eigenvalue weighted by Crippen LogP contribution is 2.38. The fraction of sp³-hybridized carbons (Fsp3) is 0.722. The Morgan fingerprint density at radius 3 is 2.75 bits per heavy atom. The summed E-state index contributed by atoms with van der Waals surface area (Å²) in [5.74, 6) is 0.936. The number of hydrogen-bond acceptors (Lipinski definition) is 5. The molecule has 0 N–H and O–H groups in total. The summed E-state index contributed by atoms with van der Waals surface area (Å²) in [6, 6.07) is 1.88. The molecule has 24 heavy (non-hydrogen) atoms. The van der Waals surface area contributed by atoms with Gasteiger partial charge in [-0.15, -0.1) is 0 Å². The SMILES string of the molecule is O=C(c1cc(N2CCCCC2)ncn1)N1CCCC2(CCOC2)C1. The highest BCUT2D eigenvalue weighted by molar-refractivity contribution is 5.93. The summed E-state index contributed by atoms with van der Waals surface area (Å²) in [5.41, 5.74) is 0.706. The van der Waals surface area contributed by atoms with Gasteiger partial charge in [-0.05, 0) is 38.5 Å².